The highest BCUT2D eigenvalue weighted by Crippen LogP contribution is 2.36. The van der Waals surface area contributed by atoms with Gasteiger partial charge in [0.1, 0.15) is 0 Å². The van der Waals surface area contributed by atoms with Crippen molar-refractivity contribution in [1.82, 2.24) is 4.90 Å². The van der Waals surface area contributed by atoms with Crippen LogP contribution in [0, 0.1) is 0 Å². The van der Waals surface area contributed by atoms with Crippen LogP contribution in [0.15, 0.2) is 24.3 Å². The summed E-state index contributed by atoms with van der Waals surface area (Å²) in [6.07, 6.45) is 4.05. The molecule has 0 saturated carbocycles. The van der Waals surface area contributed by atoms with Crippen LogP contribution in [0.1, 0.15) is 29.9 Å². The first-order chi connectivity index (χ1) is 7.88. The first kappa shape index (κ1) is 10.8. The summed E-state index contributed by atoms with van der Waals surface area (Å²) in [7, 11) is 0. The lowest BCUT2D eigenvalue weighted by molar-refractivity contribution is 0.246. The van der Waals surface area contributed by atoms with Crippen LogP contribution in [-0.4, -0.2) is 29.4 Å². The second-order valence-electron chi connectivity index (χ2n) is 5.05. The molecule has 16 heavy (non-hydrogen) atoms. The molecule has 2 unspecified atom stereocenters. The maximum Gasteiger partial charge on any atom is 0.0193 e. The van der Waals surface area contributed by atoms with Crippen LogP contribution in [-0.2, 0) is 6.42 Å². The molecule has 0 radical (unpaired) electrons. The van der Waals surface area contributed by atoms with E-state index in [1.807, 2.05) is 0 Å². The van der Waals surface area contributed by atoms with Crippen molar-refractivity contribution in [2.45, 2.75) is 31.2 Å². The van der Waals surface area contributed by atoms with Gasteiger partial charge in [-0.2, -0.15) is 0 Å². The van der Waals surface area contributed by atoms with Crippen LogP contribution >= 0.6 is 15.9 Å². The van der Waals surface area contributed by atoms with Gasteiger partial charge in [-0.15, -0.1) is 0 Å². The van der Waals surface area contributed by atoms with Gasteiger partial charge < -0.3 is 0 Å². The van der Waals surface area contributed by atoms with E-state index in [2.05, 4.69) is 45.1 Å². The van der Waals surface area contributed by atoms with Gasteiger partial charge >= 0.3 is 0 Å². The van der Waals surface area contributed by atoms with Crippen LogP contribution in [0.5, 0.6) is 0 Å². The molecule has 2 heteroatoms. The summed E-state index contributed by atoms with van der Waals surface area (Å²) in [6.45, 7) is 2.57. The Bertz CT molecular complexity index is 377. The number of hydrogen-bond acceptors (Lipinski definition) is 1. The highest BCUT2D eigenvalue weighted by Gasteiger charge is 2.31. The Kier molecular flexibility index (Phi) is 3.03. The minimum atomic E-state index is 0.785. The first-order valence-electron chi connectivity index (χ1n) is 6.26. The van der Waals surface area contributed by atoms with Crippen molar-refractivity contribution in [1.29, 1.82) is 0 Å². The van der Waals surface area contributed by atoms with E-state index in [0.29, 0.717) is 0 Å². The van der Waals surface area contributed by atoms with Crippen LogP contribution in [0.25, 0.3) is 0 Å². The summed E-state index contributed by atoms with van der Waals surface area (Å²) in [4.78, 5) is 2.68. The Morgan fingerprint density at radius 3 is 3.00 bits per heavy atom. The smallest absolute Gasteiger partial charge is 0.0193 e. The Hall–Kier alpha value is -0.340. The summed E-state index contributed by atoms with van der Waals surface area (Å²) >= 11 is 3.64. The van der Waals surface area contributed by atoms with Gasteiger partial charge in [0.2, 0.25) is 0 Å². The molecule has 0 N–H and O–H groups in total. The van der Waals surface area contributed by atoms with E-state index in [1.165, 1.54) is 32.4 Å². The number of halogens is 1. The monoisotopic (exact) mass is 279 g/mol. The molecule has 3 rings (SSSR count). The summed E-state index contributed by atoms with van der Waals surface area (Å²) in [5.74, 6) is 0.802. The molecule has 2 atom stereocenters. The van der Waals surface area contributed by atoms with Crippen molar-refractivity contribution < 1.29 is 0 Å². The van der Waals surface area contributed by atoms with Gasteiger partial charge in [0, 0.05) is 23.8 Å². The van der Waals surface area contributed by atoms with Crippen molar-refractivity contribution in [3.63, 3.8) is 0 Å². The van der Waals surface area contributed by atoms with E-state index >= 15 is 0 Å². The minimum absolute atomic E-state index is 0.785. The normalized spacial score (nSPS) is 28.8. The lowest BCUT2D eigenvalue weighted by Gasteiger charge is -2.35. The van der Waals surface area contributed by atoms with Crippen molar-refractivity contribution in [2.24, 2.45) is 0 Å². The zero-order valence-corrected chi connectivity index (χ0v) is 11.1. The van der Waals surface area contributed by atoms with Gasteiger partial charge in [-0.1, -0.05) is 40.2 Å². The fourth-order valence-electron chi connectivity index (χ4n) is 3.12. The van der Waals surface area contributed by atoms with Crippen molar-refractivity contribution in [3.05, 3.63) is 35.4 Å². The second kappa shape index (κ2) is 4.50. The number of benzene rings is 1. The summed E-state index contributed by atoms with van der Waals surface area (Å²) < 4.78 is 0. The van der Waals surface area contributed by atoms with Crippen molar-refractivity contribution >= 4 is 15.9 Å². The average Bonchev–Trinajstić information content (AvgIpc) is 2.73. The molecule has 0 amide bonds. The van der Waals surface area contributed by atoms with Gasteiger partial charge in [-0.05, 0) is 36.9 Å². The van der Waals surface area contributed by atoms with Crippen molar-refractivity contribution in [3.8, 4) is 0 Å². The van der Waals surface area contributed by atoms with Crippen LogP contribution < -0.4 is 0 Å². The molecule has 1 aliphatic heterocycles. The Labute approximate surface area is 106 Å². The molecule has 1 nitrogen and oxygen atoms in total. The third-order valence-corrected chi connectivity index (χ3v) is 4.84. The number of alkyl halides is 1. The number of hydrogen-bond donors (Lipinski definition) is 0. The Morgan fingerprint density at radius 2 is 2.19 bits per heavy atom. The van der Waals surface area contributed by atoms with Gasteiger partial charge in [0.15, 0.2) is 0 Å². The lowest BCUT2D eigenvalue weighted by atomic mass is 9.77. The SMILES string of the molecule is BrCC1CCCN1CC1Cc2ccccc21. The fraction of sp³-hybridized carbons (Fsp3) is 0.571. The molecule has 1 fully saturated rings. The average molecular weight is 280 g/mol. The van der Waals surface area contributed by atoms with E-state index < -0.39 is 0 Å². The summed E-state index contributed by atoms with van der Waals surface area (Å²) in [5.41, 5.74) is 3.17. The topological polar surface area (TPSA) is 3.24 Å². The number of rotatable bonds is 3. The van der Waals surface area contributed by atoms with Crippen LogP contribution in [0.4, 0.5) is 0 Å². The molecule has 2 aliphatic rings. The zero-order chi connectivity index (χ0) is 11.0. The minimum Gasteiger partial charge on any atom is -0.299 e. The highest BCUT2D eigenvalue weighted by molar-refractivity contribution is 9.09. The van der Waals surface area contributed by atoms with E-state index in [4.69, 9.17) is 0 Å². The number of nitrogens with zero attached hydrogens (tertiary/aromatic N) is 1. The van der Waals surface area contributed by atoms with Crippen LogP contribution in [0.3, 0.4) is 0 Å². The van der Waals surface area contributed by atoms with E-state index in [0.717, 1.165) is 17.3 Å². The van der Waals surface area contributed by atoms with Gasteiger partial charge in [0.25, 0.3) is 0 Å². The molecule has 1 aromatic carbocycles. The van der Waals surface area contributed by atoms with Crippen molar-refractivity contribution in [2.75, 3.05) is 18.4 Å². The molecule has 0 spiro atoms. The molecule has 1 aliphatic carbocycles. The lowest BCUT2D eigenvalue weighted by Crippen LogP contribution is -2.37. The molecule has 86 valence electrons. The van der Waals surface area contributed by atoms with Gasteiger partial charge in [-0.25, -0.2) is 0 Å². The molecule has 1 aromatic rings. The molecule has 1 heterocycles. The maximum atomic E-state index is 3.64. The standard InChI is InChI=1S/C14H18BrN/c15-9-13-5-3-7-16(13)10-12-8-11-4-1-2-6-14(11)12/h1-2,4,6,12-13H,3,5,7-10H2. The Balaban J connectivity index is 1.65. The molecule has 1 saturated heterocycles. The predicted octanol–water partition coefficient (Wildman–Crippen LogP) is 3.19. The van der Waals surface area contributed by atoms with Gasteiger partial charge in [0.05, 0.1) is 0 Å². The third-order valence-electron chi connectivity index (χ3n) is 4.09. The van der Waals surface area contributed by atoms with Crippen LogP contribution in [0.2, 0.25) is 0 Å². The first-order valence-corrected chi connectivity index (χ1v) is 7.38. The largest absolute Gasteiger partial charge is 0.299 e. The predicted molar refractivity (Wildman–Crippen MR) is 71.3 cm³/mol. The quantitative estimate of drug-likeness (QED) is 0.769. The number of likely N-dealkylation sites (tertiary alicyclic amines) is 1. The Morgan fingerprint density at radius 1 is 1.31 bits per heavy atom. The molecular formula is C14H18BrN. The second-order valence-corrected chi connectivity index (χ2v) is 5.69. The zero-order valence-electron chi connectivity index (χ0n) is 9.53. The fourth-order valence-corrected chi connectivity index (χ4v) is 3.85. The maximum absolute atomic E-state index is 3.64. The summed E-state index contributed by atoms with van der Waals surface area (Å²) in [6, 6.07) is 9.71. The molecule has 0 aromatic heterocycles. The molecular weight excluding hydrogens is 262 g/mol. The van der Waals surface area contributed by atoms with Gasteiger partial charge in [-0.3, -0.25) is 4.90 Å². The third kappa shape index (κ3) is 1.82. The number of fused-ring (bicyclic) bond motifs is 1. The molecule has 0 bridgehead atoms. The van der Waals surface area contributed by atoms with E-state index in [1.54, 1.807) is 11.1 Å². The van der Waals surface area contributed by atoms with E-state index in [9.17, 15) is 0 Å². The van der Waals surface area contributed by atoms with E-state index in [-0.39, 0.29) is 0 Å². The highest BCUT2D eigenvalue weighted by atomic mass is 79.9. The summed E-state index contributed by atoms with van der Waals surface area (Å²) in [5, 5.41) is 1.14.